The van der Waals surface area contributed by atoms with Crippen molar-refractivity contribution in [2.24, 2.45) is 0 Å². The first-order chi connectivity index (χ1) is 12.5. The fourth-order valence-corrected chi connectivity index (χ4v) is 3.02. The monoisotopic (exact) mass is 373 g/mol. The molecule has 1 aromatic rings. The van der Waals surface area contributed by atoms with Gasteiger partial charge in [-0.1, -0.05) is 0 Å². The molecule has 2 saturated heterocycles. The molecule has 2 fully saturated rings. The Hall–Kier alpha value is -2.17. The summed E-state index contributed by atoms with van der Waals surface area (Å²) in [4.78, 5) is 14.0. The van der Waals surface area contributed by atoms with Crippen LogP contribution in [0.2, 0.25) is 0 Å². The van der Waals surface area contributed by atoms with E-state index in [9.17, 15) is 18.7 Å². The minimum absolute atomic E-state index is 0.0943. The largest absolute Gasteiger partial charge is 0.453 e. The van der Waals surface area contributed by atoms with Gasteiger partial charge < -0.3 is 34.4 Å². The molecule has 1 aromatic carbocycles. The Bertz CT molecular complexity index is 634. The van der Waals surface area contributed by atoms with Crippen LogP contribution in [0.1, 0.15) is 0 Å². The average Bonchev–Trinajstić information content (AvgIpc) is 3.00. The number of nitrogens with one attached hydrogen (secondary N) is 1. The van der Waals surface area contributed by atoms with E-state index in [4.69, 9.17) is 9.47 Å². The van der Waals surface area contributed by atoms with Crippen LogP contribution >= 0.6 is 0 Å². The summed E-state index contributed by atoms with van der Waals surface area (Å²) in [5, 5.41) is 12.5. The Morgan fingerprint density at radius 3 is 2.62 bits per heavy atom. The third-order valence-corrected chi connectivity index (χ3v) is 4.30. The highest BCUT2D eigenvalue weighted by molar-refractivity contribution is 5.67. The smallest absolute Gasteiger partial charge is 0.406 e. The first kappa shape index (κ1) is 18.6. The zero-order valence-corrected chi connectivity index (χ0v) is 14.3. The Morgan fingerprint density at radius 2 is 2.00 bits per heavy atom. The first-order valence-electron chi connectivity index (χ1n) is 8.23. The Balaban J connectivity index is 1.72. The van der Waals surface area contributed by atoms with Crippen LogP contribution in [-0.4, -0.2) is 70.2 Å². The first-order valence-corrected chi connectivity index (χ1v) is 8.23. The molecule has 2 heterocycles. The zero-order chi connectivity index (χ0) is 18.7. The van der Waals surface area contributed by atoms with E-state index in [-0.39, 0.29) is 24.5 Å². The van der Waals surface area contributed by atoms with Crippen LogP contribution in [0.4, 0.5) is 25.0 Å². The maximum absolute atomic E-state index is 14.5. The molecule has 1 unspecified atom stereocenters. The molecule has 0 bridgehead atoms. The van der Waals surface area contributed by atoms with E-state index in [0.717, 1.165) is 12.1 Å². The molecular weight excluding hydrogens is 352 g/mol. The number of methoxy groups -OCH3 is 1. The van der Waals surface area contributed by atoms with E-state index in [1.807, 2.05) is 0 Å². The molecule has 0 saturated carbocycles. The number of carbonyl (C=O) groups is 1. The lowest BCUT2D eigenvalue weighted by Crippen LogP contribution is -2.37. The van der Waals surface area contributed by atoms with Crippen LogP contribution in [0.3, 0.4) is 0 Å². The predicted molar refractivity (Wildman–Crippen MR) is 88.0 cm³/mol. The van der Waals surface area contributed by atoms with Crippen LogP contribution in [0.5, 0.6) is 0 Å². The summed E-state index contributed by atoms with van der Waals surface area (Å²) in [5.41, 5.74) is 0.0561. The number of halogens is 2. The average molecular weight is 373 g/mol. The highest BCUT2D eigenvalue weighted by atomic mass is 19.1. The summed E-state index contributed by atoms with van der Waals surface area (Å²) >= 11 is 0. The summed E-state index contributed by atoms with van der Waals surface area (Å²) in [6.07, 6.45) is -2.55. The molecule has 3 rings (SSSR count). The quantitative estimate of drug-likeness (QED) is 0.801. The number of morpholine rings is 1. The Labute approximate surface area is 149 Å². The lowest BCUT2D eigenvalue weighted by Gasteiger charge is -2.30. The molecule has 0 radical (unpaired) electrons. The van der Waals surface area contributed by atoms with E-state index in [2.05, 4.69) is 10.1 Å². The minimum Gasteiger partial charge on any atom is -0.453 e. The summed E-state index contributed by atoms with van der Waals surface area (Å²) in [5.74, 6) is -1.43. The molecule has 0 aliphatic carbocycles. The standard InChI is InChI=1S/C16H21F2N3O5/c1-24-15(22)19-8-11-9-21(16(23)26-11)10-6-12(17)14(13(18)7-10)20-2-4-25-5-3-20/h6-7,11,16,23H,2-5,8-9H2,1H3,(H,19,22)/t11-,16?/m0/s1. The molecular formula is C16H21F2N3O5. The molecule has 2 aliphatic heterocycles. The third-order valence-electron chi connectivity index (χ3n) is 4.30. The van der Waals surface area contributed by atoms with Gasteiger partial charge in [0, 0.05) is 25.3 Å². The molecule has 2 N–H and O–H groups in total. The number of ether oxygens (including phenoxy) is 3. The van der Waals surface area contributed by atoms with Gasteiger partial charge in [0.05, 0.1) is 33.0 Å². The van der Waals surface area contributed by atoms with Crippen molar-refractivity contribution in [3.05, 3.63) is 23.8 Å². The van der Waals surface area contributed by atoms with Crippen LogP contribution < -0.4 is 15.1 Å². The van der Waals surface area contributed by atoms with E-state index >= 15 is 0 Å². The second kappa shape index (κ2) is 8.02. The van der Waals surface area contributed by atoms with Gasteiger partial charge in [-0.05, 0) is 12.1 Å². The molecule has 0 aromatic heterocycles. The van der Waals surface area contributed by atoms with Gasteiger partial charge in [-0.2, -0.15) is 0 Å². The van der Waals surface area contributed by atoms with Crippen LogP contribution in [-0.2, 0) is 14.2 Å². The Kier molecular flexibility index (Phi) is 5.74. The van der Waals surface area contributed by atoms with Crippen molar-refractivity contribution in [3.8, 4) is 0 Å². The van der Waals surface area contributed by atoms with E-state index in [1.165, 1.54) is 12.0 Å². The number of carbonyl (C=O) groups excluding carboxylic acids is 1. The summed E-state index contributed by atoms with van der Waals surface area (Å²) in [6.45, 7) is 1.88. The van der Waals surface area contributed by atoms with Crippen molar-refractivity contribution < 1.29 is 32.9 Å². The van der Waals surface area contributed by atoms with Crippen LogP contribution in [0.25, 0.3) is 0 Å². The van der Waals surface area contributed by atoms with Crippen LogP contribution in [0.15, 0.2) is 12.1 Å². The molecule has 26 heavy (non-hydrogen) atoms. The topological polar surface area (TPSA) is 83.5 Å². The number of nitrogens with zero attached hydrogens (tertiary/aromatic N) is 2. The van der Waals surface area contributed by atoms with E-state index in [1.54, 1.807) is 4.90 Å². The molecule has 2 atom stereocenters. The lowest BCUT2D eigenvalue weighted by atomic mass is 10.2. The van der Waals surface area contributed by atoms with Gasteiger partial charge in [0.2, 0.25) is 6.41 Å². The third kappa shape index (κ3) is 3.97. The van der Waals surface area contributed by atoms with Crippen molar-refractivity contribution in [1.29, 1.82) is 0 Å². The van der Waals surface area contributed by atoms with Crippen molar-refractivity contribution in [2.45, 2.75) is 12.5 Å². The SMILES string of the molecule is COC(=O)NC[C@H]1CN(c2cc(F)c(N3CCOCC3)c(F)c2)C(O)O1. The van der Waals surface area contributed by atoms with Gasteiger partial charge in [-0.15, -0.1) is 0 Å². The van der Waals surface area contributed by atoms with Crippen molar-refractivity contribution in [3.63, 3.8) is 0 Å². The van der Waals surface area contributed by atoms with Gasteiger partial charge in [0.25, 0.3) is 0 Å². The van der Waals surface area contributed by atoms with Gasteiger partial charge in [0.1, 0.15) is 5.69 Å². The molecule has 144 valence electrons. The number of aliphatic hydroxyl groups is 1. The highest BCUT2D eigenvalue weighted by Gasteiger charge is 2.33. The fraction of sp³-hybridized carbons (Fsp3) is 0.562. The number of benzene rings is 1. The minimum atomic E-state index is -1.37. The number of alkyl carbamates (subject to hydrolysis) is 1. The zero-order valence-electron chi connectivity index (χ0n) is 14.3. The highest BCUT2D eigenvalue weighted by Crippen LogP contribution is 2.32. The van der Waals surface area contributed by atoms with Gasteiger partial charge in [-0.25, -0.2) is 13.6 Å². The van der Waals surface area contributed by atoms with Gasteiger partial charge >= 0.3 is 6.09 Å². The second-order valence-electron chi connectivity index (χ2n) is 5.97. The maximum atomic E-state index is 14.5. The maximum Gasteiger partial charge on any atom is 0.406 e. The molecule has 8 nitrogen and oxygen atoms in total. The van der Waals surface area contributed by atoms with E-state index < -0.39 is 30.2 Å². The summed E-state index contributed by atoms with van der Waals surface area (Å²) < 4.78 is 44.0. The lowest BCUT2D eigenvalue weighted by molar-refractivity contribution is -0.0869. The second-order valence-corrected chi connectivity index (χ2v) is 5.97. The fourth-order valence-electron chi connectivity index (χ4n) is 3.02. The molecule has 10 heteroatoms. The van der Waals surface area contributed by atoms with Gasteiger partial charge in [-0.3, -0.25) is 0 Å². The summed E-state index contributed by atoms with van der Waals surface area (Å²) in [6, 6.07) is 2.33. The Morgan fingerprint density at radius 1 is 1.35 bits per heavy atom. The van der Waals surface area contributed by atoms with Crippen LogP contribution in [0, 0.1) is 11.6 Å². The number of rotatable bonds is 4. The number of amides is 1. The predicted octanol–water partition coefficient (Wildman–Crippen LogP) is 0.638. The number of anilines is 2. The van der Waals surface area contributed by atoms with Crippen molar-refractivity contribution in [1.82, 2.24) is 5.32 Å². The normalized spacial score (nSPS) is 23.2. The van der Waals surface area contributed by atoms with Crippen molar-refractivity contribution >= 4 is 17.5 Å². The number of aliphatic hydroxyl groups excluding tert-OH is 1. The molecule has 1 amide bonds. The van der Waals surface area contributed by atoms with Crippen molar-refractivity contribution in [2.75, 3.05) is 56.3 Å². The van der Waals surface area contributed by atoms with Gasteiger partial charge in [0.15, 0.2) is 11.6 Å². The number of hydrogen-bond donors (Lipinski definition) is 2. The summed E-state index contributed by atoms with van der Waals surface area (Å²) in [7, 11) is 1.23. The number of hydrogen-bond acceptors (Lipinski definition) is 7. The molecule has 0 spiro atoms. The van der Waals surface area contributed by atoms with E-state index in [0.29, 0.717) is 26.3 Å². The molecule has 2 aliphatic rings.